The Balaban J connectivity index is 2.16. The van der Waals surface area contributed by atoms with E-state index in [1.165, 1.54) is 0 Å². The van der Waals surface area contributed by atoms with E-state index in [1.54, 1.807) is 0 Å². The summed E-state index contributed by atoms with van der Waals surface area (Å²) in [7, 11) is 0. The Bertz CT molecular complexity index is 105. The van der Waals surface area contributed by atoms with E-state index in [4.69, 9.17) is 4.74 Å². The molecule has 0 bridgehead atoms. The second-order valence-corrected chi connectivity index (χ2v) is 2.54. The largest absolute Gasteiger partial charge is 0.385 e. The molecule has 1 fully saturated rings. The molecule has 0 unspecified atom stereocenters. The van der Waals surface area contributed by atoms with Gasteiger partial charge >= 0.3 is 0 Å². The van der Waals surface area contributed by atoms with Crippen LogP contribution in [0, 0.1) is 0 Å². The fourth-order valence-corrected chi connectivity index (χ4v) is 0.853. The van der Waals surface area contributed by atoms with Crippen molar-refractivity contribution in [3.8, 4) is 0 Å². The standard InChI is InChI=1S/C7H12O2/c1-2-3-4-7(8)5-9-6-7/h2,8H,1,3-6H2. The van der Waals surface area contributed by atoms with Crippen molar-refractivity contribution < 1.29 is 9.84 Å². The molecular weight excluding hydrogens is 116 g/mol. The van der Waals surface area contributed by atoms with Crippen LogP contribution >= 0.6 is 0 Å². The van der Waals surface area contributed by atoms with Crippen LogP contribution in [0.1, 0.15) is 12.8 Å². The van der Waals surface area contributed by atoms with Crippen molar-refractivity contribution in [2.24, 2.45) is 0 Å². The van der Waals surface area contributed by atoms with Gasteiger partial charge in [-0.3, -0.25) is 0 Å². The first kappa shape index (κ1) is 6.78. The molecule has 1 aliphatic heterocycles. The van der Waals surface area contributed by atoms with Crippen LogP contribution in [0.3, 0.4) is 0 Å². The lowest BCUT2D eigenvalue weighted by Gasteiger charge is -2.36. The maximum Gasteiger partial charge on any atom is 0.111 e. The molecule has 0 spiro atoms. The third-order valence-electron chi connectivity index (χ3n) is 1.56. The van der Waals surface area contributed by atoms with E-state index >= 15 is 0 Å². The van der Waals surface area contributed by atoms with Crippen molar-refractivity contribution in [2.45, 2.75) is 18.4 Å². The number of allylic oxidation sites excluding steroid dienone is 1. The van der Waals surface area contributed by atoms with E-state index in [0.717, 1.165) is 12.8 Å². The third kappa shape index (κ3) is 1.53. The molecular formula is C7H12O2. The molecule has 2 heteroatoms. The van der Waals surface area contributed by atoms with Gasteiger partial charge in [-0.1, -0.05) is 6.08 Å². The third-order valence-corrected chi connectivity index (χ3v) is 1.56. The van der Waals surface area contributed by atoms with Crippen LogP contribution in [0.15, 0.2) is 12.7 Å². The molecule has 0 aliphatic carbocycles. The molecule has 0 atom stereocenters. The zero-order valence-electron chi connectivity index (χ0n) is 5.47. The van der Waals surface area contributed by atoms with Crippen molar-refractivity contribution in [3.05, 3.63) is 12.7 Å². The maximum atomic E-state index is 9.37. The molecule has 0 aromatic rings. The summed E-state index contributed by atoms with van der Waals surface area (Å²) in [6, 6.07) is 0. The van der Waals surface area contributed by atoms with Crippen molar-refractivity contribution in [2.75, 3.05) is 13.2 Å². The molecule has 1 rings (SSSR count). The molecule has 0 radical (unpaired) electrons. The van der Waals surface area contributed by atoms with E-state index in [1.807, 2.05) is 6.08 Å². The number of aliphatic hydroxyl groups is 1. The summed E-state index contributed by atoms with van der Waals surface area (Å²) < 4.78 is 4.85. The van der Waals surface area contributed by atoms with Gasteiger partial charge in [-0.2, -0.15) is 0 Å². The van der Waals surface area contributed by atoms with Gasteiger partial charge in [0.15, 0.2) is 0 Å². The lowest BCUT2D eigenvalue weighted by molar-refractivity contribution is -0.180. The summed E-state index contributed by atoms with van der Waals surface area (Å²) in [5, 5.41) is 9.37. The van der Waals surface area contributed by atoms with Gasteiger partial charge in [0, 0.05) is 0 Å². The van der Waals surface area contributed by atoms with Crippen LogP contribution in [0.25, 0.3) is 0 Å². The minimum atomic E-state index is -0.520. The monoisotopic (exact) mass is 128 g/mol. The fourth-order valence-electron chi connectivity index (χ4n) is 0.853. The van der Waals surface area contributed by atoms with Crippen LogP contribution in [-0.4, -0.2) is 23.9 Å². The van der Waals surface area contributed by atoms with Crippen molar-refractivity contribution in [1.29, 1.82) is 0 Å². The SMILES string of the molecule is C=CCCC1(O)COC1. The van der Waals surface area contributed by atoms with Crippen LogP contribution in [-0.2, 0) is 4.74 Å². The minimum absolute atomic E-state index is 0.501. The van der Waals surface area contributed by atoms with Gasteiger partial charge in [0.05, 0.1) is 13.2 Å². The van der Waals surface area contributed by atoms with Gasteiger partial charge in [0.1, 0.15) is 5.60 Å². The van der Waals surface area contributed by atoms with E-state index < -0.39 is 5.60 Å². The highest BCUT2D eigenvalue weighted by Gasteiger charge is 2.34. The molecule has 9 heavy (non-hydrogen) atoms. The van der Waals surface area contributed by atoms with Gasteiger partial charge in [-0.15, -0.1) is 6.58 Å². The molecule has 0 saturated carbocycles. The highest BCUT2D eigenvalue weighted by molar-refractivity contribution is 4.87. The topological polar surface area (TPSA) is 29.5 Å². The lowest BCUT2D eigenvalue weighted by atomic mass is 9.96. The van der Waals surface area contributed by atoms with Crippen LogP contribution in [0.5, 0.6) is 0 Å². The lowest BCUT2D eigenvalue weighted by Crippen LogP contribution is -2.49. The van der Waals surface area contributed by atoms with Crippen molar-refractivity contribution in [3.63, 3.8) is 0 Å². The molecule has 0 amide bonds. The summed E-state index contributed by atoms with van der Waals surface area (Å²) in [5.41, 5.74) is -0.520. The number of hydrogen-bond donors (Lipinski definition) is 1. The quantitative estimate of drug-likeness (QED) is 0.567. The molecule has 1 aliphatic rings. The Morgan fingerprint density at radius 1 is 1.67 bits per heavy atom. The molecule has 1 N–H and O–H groups in total. The number of hydrogen-bond acceptors (Lipinski definition) is 2. The van der Waals surface area contributed by atoms with Gasteiger partial charge < -0.3 is 9.84 Å². The molecule has 52 valence electrons. The molecule has 0 aromatic heterocycles. The first-order valence-electron chi connectivity index (χ1n) is 3.18. The molecule has 1 heterocycles. The predicted molar refractivity (Wildman–Crippen MR) is 35.2 cm³/mol. The Morgan fingerprint density at radius 2 is 2.33 bits per heavy atom. The molecule has 0 aromatic carbocycles. The summed E-state index contributed by atoms with van der Waals surface area (Å²) in [6.45, 7) is 4.57. The Labute approximate surface area is 55.1 Å². The van der Waals surface area contributed by atoms with Gasteiger partial charge in [0.2, 0.25) is 0 Å². The van der Waals surface area contributed by atoms with E-state index in [9.17, 15) is 5.11 Å². The Hall–Kier alpha value is -0.340. The minimum Gasteiger partial charge on any atom is -0.385 e. The zero-order chi connectivity index (χ0) is 6.74. The highest BCUT2D eigenvalue weighted by atomic mass is 16.5. The smallest absolute Gasteiger partial charge is 0.111 e. The maximum absolute atomic E-state index is 9.37. The average Bonchev–Trinajstić information content (AvgIpc) is 1.79. The van der Waals surface area contributed by atoms with Gasteiger partial charge in [0.25, 0.3) is 0 Å². The normalized spacial score (nSPS) is 22.8. The summed E-state index contributed by atoms with van der Waals surface area (Å²) in [5.74, 6) is 0. The molecule has 1 saturated heterocycles. The highest BCUT2D eigenvalue weighted by Crippen LogP contribution is 2.21. The number of rotatable bonds is 3. The van der Waals surface area contributed by atoms with Gasteiger partial charge in [-0.25, -0.2) is 0 Å². The summed E-state index contributed by atoms with van der Waals surface area (Å²) in [6.07, 6.45) is 3.48. The van der Waals surface area contributed by atoms with Crippen LogP contribution in [0.2, 0.25) is 0 Å². The van der Waals surface area contributed by atoms with E-state index in [-0.39, 0.29) is 0 Å². The van der Waals surface area contributed by atoms with E-state index in [0.29, 0.717) is 13.2 Å². The van der Waals surface area contributed by atoms with Crippen LogP contribution < -0.4 is 0 Å². The average molecular weight is 128 g/mol. The zero-order valence-corrected chi connectivity index (χ0v) is 5.47. The number of ether oxygens (including phenoxy) is 1. The predicted octanol–water partition coefficient (Wildman–Crippen LogP) is 0.714. The van der Waals surface area contributed by atoms with E-state index in [2.05, 4.69) is 6.58 Å². The second-order valence-electron chi connectivity index (χ2n) is 2.54. The fraction of sp³-hybridized carbons (Fsp3) is 0.714. The first-order valence-corrected chi connectivity index (χ1v) is 3.18. The summed E-state index contributed by atoms with van der Waals surface area (Å²) in [4.78, 5) is 0. The van der Waals surface area contributed by atoms with Crippen molar-refractivity contribution in [1.82, 2.24) is 0 Å². The Kier molecular flexibility index (Phi) is 1.88. The van der Waals surface area contributed by atoms with Gasteiger partial charge in [-0.05, 0) is 12.8 Å². The summed E-state index contributed by atoms with van der Waals surface area (Å²) >= 11 is 0. The second kappa shape index (κ2) is 2.50. The Morgan fingerprint density at radius 3 is 2.67 bits per heavy atom. The molecule has 2 nitrogen and oxygen atoms in total. The van der Waals surface area contributed by atoms with Crippen LogP contribution in [0.4, 0.5) is 0 Å². The first-order chi connectivity index (χ1) is 4.27. The van der Waals surface area contributed by atoms with Crippen molar-refractivity contribution >= 4 is 0 Å².